The average molecular weight is 333 g/mol. The van der Waals surface area contributed by atoms with Gasteiger partial charge in [0.25, 0.3) is 11.6 Å². The minimum atomic E-state index is -0.536. The van der Waals surface area contributed by atoms with Crippen LogP contribution in [0.2, 0.25) is 0 Å². The fourth-order valence-electron chi connectivity index (χ4n) is 2.45. The second-order valence-electron chi connectivity index (χ2n) is 5.38. The van der Waals surface area contributed by atoms with Crippen LogP contribution in [0.4, 0.5) is 5.69 Å². The molecular formula is C16H19N3O3S. The van der Waals surface area contributed by atoms with Crippen molar-refractivity contribution in [3.05, 3.63) is 51.6 Å². The van der Waals surface area contributed by atoms with Crippen molar-refractivity contribution in [1.82, 2.24) is 10.6 Å². The Labute approximate surface area is 140 Å². The summed E-state index contributed by atoms with van der Waals surface area (Å²) in [5.41, 5.74) is 1.51. The summed E-state index contributed by atoms with van der Waals surface area (Å²) in [7, 11) is 0. The van der Waals surface area contributed by atoms with E-state index in [9.17, 15) is 14.9 Å². The van der Waals surface area contributed by atoms with Gasteiger partial charge in [0.2, 0.25) is 0 Å². The van der Waals surface area contributed by atoms with E-state index in [1.165, 1.54) is 42.7 Å². The van der Waals surface area contributed by atoms with Crippen LogP contribution in [0.5, 0.6) is 0 Å². The zero-order valence-electron chi connectivity index (χ0n) is 12.7. The number of nitro groups is 1. The fourth-order valence-corrected chi connectivity index (χ4v) is 2.64. The van der Waals surface area contributed by atoms with Gasteiger partial charge >= 0.3 is 0 Å². The summed E-state index contributed by atoms with van der Waals surface area (Å²) < 4.78 is 0. The van der Waals surface area contributed by atoms with Gasteiger partial charge in [0, 0.05) is 24.2 Å². The predicted molar refractivity (Wildman–Crippen MR) is 92.3 cm³/mol. The number of thiocarbonyl (C=S) groups is 1. The summed E-state index contributed by atoms with van der Waals surface area (Å²) >= 11 is 5.09. The molecule has 2 rings (SSSR count). The molecule has 1 aromatic carbocycles. The molecule has 6 nitrogen and oxygen atoms in total. The Balaban J connectivity index is 1.80. The van der Waals surface area contributed by atoms with Crippen molar-refractivity contribution in [1.29, 1.82) is 0 Å². The number of carbonyl (C=O) groups excluding carboxylic acids is 1. The number of nitrogens with zero attached hydrogens (tertiary/aromatic N) is 1. The molecule has 0 fully saturated rings. The third-order valence-electron chi connectivity index (χ3n) is 3.66. The number of hydrogen-bond donors (Lipinski definition) is 2. The monoisotopic (exact) mass is 333 g/mol. The summed E-state index contributed by atoms with van der Waals surface area (Å²) in [5, 5.41) is 16.5. The molecule has 1 aliphatic carbocycles. The highest BCUT2D eigenvalue weighted by Gasteiger charge is 2.12. The molecule has 1 aliphatic rings. The summed E-state index contributed by atoms with van der Waals surface area (Å²) in [6, 6.07) is 5.55. The second-order valence-corrected chi connectivity index (χ2v) is 5.78. The van der Waals surface area contributed by atoms with Crippen molar-refractivity contribution in [2.24, 2.45) is 0 Å². The van der Waals surface area contributed by atoms with Gasteiger partial charge in [-0.15, -0.1) is 0 Å². The van der Waals surface area contributed by atoms with Crippen LogP contribution >= 0.6 is 12.2 Å². The van der Waals surface area contributed by atoms with Crippen LogP contribution in [0.25, 0.3) is 0 Å². The molecule has 0 spiro atoms. The molecule has 0 saturated heterocycles. The van der Waals surface area contributed by atoms with Gasteiger partial charge in [0.1, 0.15) is 0 Å². The van der Waals surface area contributed by atoms with E-state index in [4.69, 9.17) is 12.2 Å². The first-order valence-corrected chi connectivity index (χ1v) is 7.98. The van der Waals surface area contributed by atoms with Crippen LogP contribution in [0, 0.1) is 10.1 Å². The minimum absolute atomic E-state index is 0.124. The summed E-state index contributed by atoms with van der Waals surface area (Å²) in [6.07, 6.45) is 7.95. The molecule has 122 valence electrons. The third kappa shape index (κ3) is 5.45. The van der Waals surface area contributed by atoms with Gasteiger partial charge in [-0.25, -0.2) is 0 Å². The maximum atomic E-state index is 12.0. The number of carbonyl (C=O) groups is 1. The van der Waals surface area contributed by atoms with Crippen LogP contribution in [0.15, 0.2) is 35.9 Å². The molecule has 1 amide bonds. The first kappa shape index (κ1) is 17.1. The Kier molecular flexibility index (Phi) is 6.22. The summed E-state index contributed by atoms with van der Waals surface area (Å²) in [4.78, 5) is 22.2. The Morgan fingerprint density at radius 1 is 1.35 bits per heavy atom. The zero-order valence-corrected chi connectivity index (χ0v) is 13.5. The zero-order chi connectivity index (χ0) is 16.7. The molecule has 7 heteroatoms. The molecule has 0 atom stereocenters. The van der Waals surface area contributed by atoms with Gasteiger partial charge in [-0.2, -0.15) is 0 Å². The summed E-state index contributed by atoms with van der Waals surface area (Å²) in [5.74, 6) is -0.455. The predicted octanol–water partition coefficient (Wildman–Crippen LogP) is 3.09. The van der Waals surface area contributed by atoms with Crippen molar-refractivity contribution >= 4 is 28.9 Å². The number of amides is 1. The number of rotatable bonds is 5. The van der Waals surface area contributed by atoms with Gasteiger partial charge in [-0.1, -0.05) is 17.7 Å². The summed E-state index contributed by atoms with van der Waals surface area (Å²) in [6.45, 7) is 0.667. The average Bonchev–Trinajstić information content (AvgIpc) is 2.56. The lowest BCUT2D eigenvalue weighted by atomic mass is 9.97. The number of hydrogen-bond acceptors (Lipinski definition) is 4. The van der Waals surface area contributed by atoms with Gasteiger partial charge in [-0.05, 0) is 50.4 Å². The highest BCUT2D eigenvalue weighted by Crippen LogP contribution is 2.19. The maximum absolute atomic E-state index is 12.0. The molecule has 0 saturated carbocycles. The van der Waals surface area contributed by atoms with Crippen LogP contribution in [-0.4, -0.2) is 22.5 Å². The fraction of sp³-hybridized carbons (Fsp3) is 0.375. The topological polar surface area (TPSA) is 84.3 Å². The van der Waals surface area contributed by atoms with E-state index >= 15 is 0 Å². The van der Waals surface area contributed by atoms with E-state index in [2.05, 4.69) is 16.7 Å². The third-order valence-corrected chi connectivity index (χ3v) is 3.91. The van der Waals surface area contributed by atoms with Crippen molar-refractivity contribution in [2.75, 3.05) is 6.54 Å². The first-order valence-electron chi connectivity index (χ1n) is 7.58. The second kappa shape index (κ2) is 8.38. The van der Waals surface area contributed by atoms with Crippen LogP contribution in [-0.2, 0) is 0 Å². The molecule has 1 aromatic rings. The van der Waals surface area contributed by atoms with E-state index in [1.807, 2.05) is 0 Å². The highest BCUT2D eigenvalue weighted by atomic mass is 32.1. The lowest BCUT2D eigenvalue weighted by Crippen LogP contribution is -2.39. The van der Waals surface area contributed by atoms with E-state index in [-0.39, 0.29) is 16.4 Å². The molecule has 0 radical (unpaired) electrons. The van der Waals surface area contributed by atoms with Gasteiger partial charge in [0.05, 0.1) is 4.92 Å². The van der Waals surface area contributed by atoms with Gasteiger partial charge < -0.3 is 5.32 Å². The number of benzene rings is 1. The molecule has 0 unspecified atom stereocenters. The van der Waals surface area contributed by atoms with Gasteiger partial charge in [-0.3, -0.25) is 20.2 Å². The largest absolute Gasteiger partial charge is 0.362 e. The molecular weight excluding hydrogens is 314 g/mol. The van der Waals surface area contributed by atoms with Crippen molar-refractivity contribution in [3.63, 3.8) is 0 Å². The van der Waals surface area contributed by atoms with E-state index in [0.717, 1.165) is 19.3 Å². The smallest absolute Gasteiger partial charge is 0.270 e. The Morgan fingerprint density at radius 2 is 2.17 bits per heavy atom. The number of non-ortho nitro benzene ring substituents is 1. The lowest BCUT2D eigenvalue weighted by molar-refractivity contribution is -0.384. The molecule has 23 heavy (non-hydrogen) atoms. The van der Waals surface area contributed by atoms with E-state index in [0.29, 0.717) is 6.54 Å². The maximum Gasteiger partial charge on any atom is 0.270 e. The Morgan fingerprint density at radius 3 is 2.87 bits per heavy atom. The first-order chi connectivity index (χ1) is 11.1. The number of nitrogens with one attached hydrogen (secondary N) is 2. The Hall–Kier alpha value is -2.28. The number of allylic oxidation sites excluding steroid dienone is 1. The van der Waals surface area contributed by atoms with E-state index in [1.54, 1.807) is 0 Å². The van der Waals surface area contributed by atoms with Crippen LogP contribution in [0.1, 0.15) is 42.5 Å². The van der Waals surface area contributed by atoms with Crippen LogP contribution < -0.4 is 10.6 Å². The van der Waals surface area contributed by atoms with Crippen molar-refractivity contribution in [3.8, 4) is 0 Å². The normalized spacial score (nSPS) is 13.8. The molecule has 0 bridgehead atoms. The quantitative estimate of drug-likeness (QED) is 0.374. The standard InChI is InChI=1S/C16H19N3O3S/c20-15(13-7-4-8-14(11-13)19(21)22)18-16(23)17-10-9-12-5-2-1-3-6-12/h4-5,7-8,11H,1-3,6,9-10H2,(H2,17,18,20,23). The SMILES string of the molecule is O=C(NC(=S)NCCC1=CCCCC1)c1cccc([N+](=O)[O-])c1. The van der Waals surface area contributed by atoms with Gasteiger partial charge in [0.15, 0.2) is 5.11 Å². The molecule has 2 N–H and O–H groups in total. The Bertz CT molecular complexity index is 643. The van der Waals surface area contributed by atoms with E-state index < -0.39 is 10.8 Å². The molecule has 0 aromatic heterocycles. The lowest BCUT2D eigenvalue weighted by Gasteiger charge is -2.14. The number of nitro benzene ring substituents is 1. The highest BCUT2D eigenvalue weighted by molar-refractivity contribution is 7.80. The molecule has 0 aliphatic heterocycles. The van der Waals surface area contributed by atoms with Crippen molar-refractivity contribution in [2.45, 2.75) is 32.1 Å². The van der Waals surface area contributed by atoms with Crippen LogP contribution in [0.3, 0.4) is 0 Å². The molecule has 0 heterocycles. The minimum Gasteiger partial charge on any atom is -0.362 e. The van der Waals surface area contributed by atoms with Crippen molar-refractivity contribution < 1.29 is 9.72 Å².